The van der Waals surface area contributed by atoms with Crippen LogP contribution in [0.25, 0.3) is 11.0 Å². The summed E-state index contributed by atoms with van der Waals surface area (Å²) in [5.74, 6) is 0.717. The van der Waals surface area contributed by atoms with Gasteiger partial charge in [0.2, 0.25) is 5.91 Å². The van der Waals surface area contributed by atoms with E-state index in [4.69, 9.17) is 4.98 Å². The van der Waals surface area contributed by atoms with Crippen molar-refractivity contribution >= 4 is 34.2 Å². The lowest BCUT2D eigenvalue weighted by Gasteiger charge is -2.31. The number of rotatable bonds is 4. The highest BCUT2D eigenvalue weighted by molar-refractivity contribution is 6.06. The Labute approximate surface area is 180 Å². The average Bonchev–Trinajstić information content (AvgIpc) is 3.16. The number of benzene rings is 2. The van der Waals surface area contributed by atoms with Crippen LogP contribution in [0.4, 0.5) is 11.4 Å². The van der Waals surface area contributed by atoms with Crippen LogP contribution in [0.2, 0.25) is 0 Å². The van der Waals surface area contributed by atoms with Crippen molar-refractivity contribution in [2.75, 3.05) is 43.9 Å². The number of amides is 2. The minimum atomic E-state index is -0.209. The van der Waals surface area contributed by atoms with E-state index in [0.29, 0.717) is 24.1 Å². The summed E-state index contributed by atoms with van der Waals surface area (Å²) >= 11 is 0. The molecule has 0 spiro atoms. The van der Waals surface area contributed by atoms with Crippen LogP contribution in [0.15, 0.2) is 36.4 Å². The number of piperazine rings is 1. The third-order valence-corrected chi connectivity index (χ3v) is 6.03. The normalized spacial score (nSPS) is 17.4. The summed E-state index contributed by atoms with van der Waals surface area (Å²) in [6, 6.07) is 11.1. The molecule has 1 aromatic heterocycles. The van der Waals surface area contributed by atoms with Gasteiger partial charge in [-0.1, -0.05) is 6.07 Å². The lowest BCUT2D eigenvalue weighted by molar-refractivity contribution is -0.116. The van der Waals surface area contributed by atoms with Crippen LogP contribution in [0.1, 0.15) is 28.2 Å². The van der Waals surface area contributed by atoms with Crippen LogP contribution in [0, 0.1) is 0 Å². The highest BCUT2D eigenvalue weighted by atomic mass is 16.2. The van der Waals surface area contributed by atoms with Gasteiger partial charge in [0.05, 0.1) is 17.6 Å². The first-order valence-electron chi connectivity index (χ1n) is 10.7. The largest absolute Gasteiger partial charge is 0.341 e. The Hall–Kier alpha value is -3.23. The number of carbonyl (C=O) groups excluding carboxylic acids is 2. The molecular formula is C23H26N6O2. The monoisotopic (exact) mass is 418 g/mol. The van der Waals surface area contributed by atoms with E-state index in [-0.39, 0.29) is 11.8 Å². The smallest absolute Gasteiger partial charge is 0.255 e. The molecule has 5 rings (SSSR count). The van der Waals surface area contributed by atoms with Gasteiger partial charge in [0.1, 0.15) is 5.82 Å². The van der Waals surface area contributed by atoms with E-state index in [1.54, 1.807) is 12.1 Å². The minimum Gasteiger partial charge on any atom is -0.341 e. The average molecular weight is 419 g/mol. The zero-order valence-electron chi connectivity index (χ0n) is 17.6. The SMILES string of the molecule is CN1CCN(Cc2nc3ccc(NC(=O)c4ccc5c(c4)NC(=O)CC5)cc3[nH]2)CC1. The van der Waals surface area contributed by atoms with Crippen molar-refractivity contribution in [3.8, 4) is 0 Å². The number of aryl methyl sites for hydroxylation is 1. The van der Waals surface area contributed by atoms with Gasteiger partial charge >= 0.3 is 0 Å². The quantitative estimate of drug-likeness (QED) is 0.605. The van der Waals surface area contributed by atoms with Crippen LogP contribution in [0.3, 0.4) is 0 Å². The fourth-order valence-corrected chi connectivity index (χ4v) is 4.15. The number of aromatic amines is 1. The molecule has 1 fully saturated rings. The number of fused-ring (bicyclic) bond motifs is 2. The van der Waals surface area contributed by atoms with E-state index in [1.807, 2.05) is 24.3 Å². The highest BCUT2D eigenvalue weighted by Gasteiger charge is 2.18. The molecule has 2 amide bonds. The molecule has 0 atom stereocenters. The first-order chi connectivity index (χ1) is 15.0. The zero-order valence-corrected chi connectivity index (χ0v) is 17.6. The van der Waals surface area contributed by atoms with E-state index < -0.39 is 0 Å². The Kier molecular flexibility index (Phi) is 5.17. The number of nitrogens with one attached hydrogen (secondary N) is 3. The Bertz CT molecular complexity index is 1150. The molecule has 160 valence electrons. The number of aromatic nitrogens is 2. The second-order valence-corrected chi connectivity index (χ2v) is 8.37. The number of anilines is 2. The van der Waals surface area contributed by atoms with E-state index in [2.05, 4.69) is 32.5 Å². The van der Waals surface area contributed by atoms with Crippen LogP contribution >= 0.6 is 0 Å². The van der Waals surface area contributed by atoms with Crippen molar-refractivity contribution in [2.24, 2.45) is 0 Å². The van der Waals surface area contributed by atoms with Gasteiger partial charge in [0.15, 0.2) is 0 Å². The van der Waals surface area contributed by atoms with Crippen LogP contribution in [-0.2, 0) is 17.8 Å². The third kappa shape index (κ3) is 4.30. The minimum absolute atomic E-state index is 0.0119. The predicted molar refractivity (Wildman–Crippen MR) is 120 cm³/mol. The molecule has 3 aromatic rings. The van der Waals surface area contributed by atoms with Crippen LogP contribution in [-0.4, -0.2) is 64.8 Å². The van der Waals surface area contributed by atoms with Gasteiger partial charge in [-0.2, -0.15) is 0 Å². The summed E-state index contributed by atoms with van der Waals surface area (Å²) in [4.78, 5) is 37.2. The fourth-order valence-electron chi connectivity index (χ4n) is 4.15. The van der Waals surface area contributed by atoms with Gasteiger partial charge in [-0.05, 0) is 49.4 Å². The molecular weight excluding hydrogens is 392 g/mol. The maximum absolute atomic E-state index is 12.8. The molecule has 0 saturated carbocycles. The second kappa shape index (κ2) is 8.13. The molecule has 0 radical (unpaired) electrons. The molecule has 0 unspecified atom stereocenters. The molecule has 3 heterocycles. The van der Waals surface area contributed by atoms with E-state index in [0.717, 1.165) is 60.8 Å². The van der Waals surface area contributed by atoms with E-state index in [1.165, 1.54) is 0 Å². The zero-order chi connectivity index (χ0) is 21.4. The lowest BCUT2D eigenvalue weighted by Crippen LogP contribution is -2.44. The van der Waals surface area contributed by atoms with Gasteiger partial charge in [0, 0.05) is 49.5 Å². The van der Waals surface area contributed by atoms with Crippen molar-refractivity contribution in [3.63, 3.8) is 0 Å². The Morgan fingerprint density at radius 3 is 2.77 bits per heavy atom. The van der Waals surface area contributed by atoms with Crippen molar-refractivity contribution in [1.82, 2.24) is 19.8 Å². The lowest BCUT2D eigenvalue weighted by atomic mass is 10.0. The molecule has 2 aliphatic rings. The topological polar surface area (TPSA) is 93.4 Å². The molecule has 0 bridgehead atoms. The Morgan fingerprint density at radius 2 is 1.94 bits per heavy atom. The standard InChI is InChI=1S/C23H26N6O2/c1-28-8-10-29(11-9-28)14-21-25-18-6-5-17(13-20(18)26-21)24-23(31)16-3-2-15-4-7-22(30)27-19(15)12-16/h2-3,5-6,12-13H,4,7-11,14H2,1H3,(H,24,31)(H,25,26)(H,27,30). The van der Waals surface area contributed by atoms with Crippen molar-refractivity contribution < 1.29 is 9.59 Å². The summed E-state index contributed by atoms with van der Waals surface area (Å²) in [6.07, 6.45) is 1.19. The summed E-state index contributed by atoms with van der Waals surface area (Å²) < 4.78 is 0. The first kappa shape index (κ1) is 19.7. The van der Waals surface area contributed by atoms with Gasteiger partial charge in [0.25, 0.3) is 5.91 Å². The van der Waals surface area contributed by atoms with E-state index >= 15 is 0 Å². The molecule has 8 heteroatoms. The molecule has 0 aliphatic carbocycles. The molecule has 1 saturated heterocycles. The second-order valence-electron chi connectivity index (χ2n) is 8.37. The maximum Gasteiger partial charge on any atom is 0.255 e. The number of likely N-dealkylation sites (N-methyl/N-ethyl adjacent to an activating group) is 1. The fraction of sp³-hybridized carbons (Fsp3) is 0.348. The first-order valence-corrected chi connectivity index (χ1v) is 10.7. The number of hydrogen-bond acceptors (Lipinski definition) is 5. The number of nitrogens with zero attached hydrogens (tertiary/aromatic N) is 3. The predicted octanol–water partition coefficient (Wildman–Crippen LogP) is 2.45. The van der Waals surface area contributed by atoms with Gasteiger partial charge in [-0.15, -0.1) is 0 Å². The number of hydrogen-bond donors (Lipinski definition) is 3. The van der Waals surface area contributed by atoms with Crippen molar-refractivity contribution in [1.29, 1.82) is 0 Å². The summed E-state index contributed by atoms with van der Waals surface area (Å²) in [6.45, 7) is 5.02. The molecule has 31 heavy (non-hydrogen) atoms. The Balaban J connectivity index is 1.29. The summed E-state index contributed by atoms with van der Waals surface area (Å²) in [5.41, 5.74) is 4.79. The number of H-pyrrole nitrogens is 1. The van der Waals surface area contributed by atoms with Crippen molar-refractivity contribution in [3.05, 3.63) is 53.3 Å². The number of carbonyl (C=O) groups is 2. The maximum atomic E-state index is 12.8. The van der Waals surface area contributed by atoms with E-state index in [9.17, 15) is 9.59 Å². The van der Waals surface area contributed by atoms with Crippen LogP contribution in [0.5, 0.6) is 0 Å². The molecule has 2 aliphatic heterocycles. The highest BCUT2D eigenvalue weighted by Crippen LogP contribution is 2.25. The molecule has 2 aromatic carbocycles. The van der Waals surface area contributed by atoms with Gasteiger partial charge in [-0.3, -0.25) is 14.5 Å². The Morgan fingerprint density at radius 1 is 1.10 bits per heavy atom. The molecule has 3 N–H and O–H groups in total. The summed E-state index contributed by atoms with van der Waals surface area (Å²) in [5, 5.41) is 5.79. The van der Waals surface area contributed by atoms with Crippen molar-refractivity contribution in [2.45, 2.75) is 19.4 Å². The van der Waals surface area contributed by atoms with Gasteiger partial charge < -0.3 is 20.5 Å². The van der Waals surface area contributed by atoms with Crippen LogP contribution < -0.4 is 10.6 Å². The third-order valence-electron chi connectivity index (χ3n) is 6.03. The number of imidazole rings is 1. The molecule has 8 nitrogen and oxygen atoms in total. The summed E-state index contributed by atoms with van der Waals surface area (Å²) in [7, 11) is 2.15. The van der Waals surface area contributed by atoms with Gasteiger partial charge in [-0.25, -0.2) is 4.98 Å².